The van der Waals surface area contributed by atoms with Gasteiger partial charge in [0.2, 0.25) is 0 Å². The van der Waals surface area contributed by atoms with Gasteiger partial charge in [0, 0.05) is 117 Å². The largest absolute Gasteiger partial charge is 2.00 e. The van der Waals surface area contributed by atoms with Crippen molar-refractivity contribution >= 4 is 0 Å². The van der Waals surface area contributed by atoms with Crippen molar-refractivity contribution in [3.8, 4) is 0 Å². The van der Waals surface area contributed by atoms with Crippen LogP contribution in [0.15, 0.2) is 112 Å². The van der Waals surface area contributed by atoms with Gasteiger partial charge in [-0.05, 0) is 0 Å². The number of hydrogen-bond donors (Lipinski definition) is 0. The summed E-state index contributed by atoms with van der Waals surface area (Å²) in [5, 5.41) is 0. The van der Waals surface area contributed by atoms with E-state index in [2.05, 4.69) is 29.9 Å². The van der Waals surface area contributed by atoms with Crippen LogP contribution in [0.25, 0.3) is 0 Å². The first-order valence-electron chi connectivity index (χ1n) is 10.9. The molecule has 6 aromatic rings. The fraction of sp³-hybridized carbons (Fsp3) is 0.250. The van der Waals surface area contributed by atoms with Crippen LogP contribution in [0.1, 0.15) is 0 Å². The summed E-state index contributed by atoms with van der Waals surface area (Å²) in [7, 11) is 11.6. The second kappa shape index (κ2) is 31.2. The average molecular weight is 743 g/mol. The third kappa shape index (κ3) is 29.5. The third-order valence-corrected chi connectivity index (χ3v) is 3.82. The maximum atomic E-state index is 3.78. The van der Waals surface area contributed by atoms with E-state index in [1.54, 1.807) is 75.1 Å². The van der Waals surface area contributed by atoms with Gasteiger partial charge >= 0.3 is 17.1 Å². The molecular formula is C24H40Br2MnN12O2. The van der Waals surface area contributed by atoms with Gasteiger partial charge in [0.05, 0.1) is 38.0 Å². The summed E-state index contributed by atoms with van der Waals surface area (Å²) in [5.74, 6) is 0. The molecule has 229 valence electrons. The van der Waals surface area contributed by atoms with Crippen molar-refractivity contribution in [2.45, 2.75) is 0 Å². The Morgan fingerprint density at radius 3 is 0.463 bits per heavy atom. The van der Waals surface area contributed by atoms with E-state index in [9.17, 15) is 0 Å². The fourth-order valence-electron chi connectivity index (χ4n) is 1.95. The first kappa shape index (κ1) is 47.4. The zero-order valence-electron chi connectivity index (χ0n) is 23.9. The van der Waals surface area contributed by atoms with Gasteiger partial charge < -0.3 is 72.3 Å². The molecule has 6 rings (SSSR count). The number of aryl methyl sites for hydroxylation is 6. The van der Waals surface area contributed by atoms with E-state index >= 15 is 0 Å². The van der Waals surface area contributed by atoms with E-state index in [0.29, 0.717) is 0 Å². The Bertz CT molecular complexity index is 934. The van der Waals surface area contributed by atoms with Gasteiger partial charge in [-0.15, -0.1) is 0 Å². The Morgan fingerprint density at radius 1 is 0.317 bits per heavy atom. The summed E-state index contributed by atoms with van der Waals surface area (Å²) in [6.07, 6.45) is 32.3. The van der Waals surface area contributed by atoms with E-state index in [-0.39, 0.29) is 62.0 Å². The quantitative estimate of drug-likeness (QED) is 0.141. The molecule has 1 radical (unpaired) electrons. The van der Waals surface area contributed by atoms with Crippen molar-refractivity contribution in [3.63, 3.8) is 0 Å². The van der Waals surface area contributed by atoms with Crippen LogP contribution in [0.3, 0.4) is 0 Å². The standard InChI is InChI=1S/6C4H6N2.2BrH.Mn.2H2O/c6*1-6-3-2-5-4-6;;;;;/h6*2-4H,1H3;2*1H;;2*1H2/q;;;;;;;;+2;;/p-2. The normalized spacial score (nSPS) is 7.76. The minimum absolute atomic E-state index is 0. The van der Waals surface area contributed by atoms with E-state index in [0.717, 1.165) is 0 Å². The van der Waals surface area contributed by atoms with Gasteiger partial charge in [0.25, 0.3) is 0 Å². The number of rotatable bonds is 0. The van der Waals surface area contributed by atoms with Crippen molar-refractivity contribution in [3.05, 3.63) is 112 Å². The molecule has 0 saturated carbocycles. The van der Waals surface area contributed by atoms with Crippen LogP contribution >= 0.6 is 0 Å². The van der Waals surface area contributed by atoms with Crippen LogP contribution in [-0.4, -0.2) is 68.3 Å². The summed E-state index contributed by atoms with van der Waals surface area (Å²) in [4.78, 5) is 22.7. The number of hydrogen-bond acceptors (Lipinski definition) is 6. The molecule has 6 aromatic heterocycles. The molecule has 0 aliphatic carbocycles. The van der Waals surface area contributed by atoms with Gasteiger partial charge in [-0.3, -0.25) is 0 Å². The van der Waals surface area contributed by atoms with E-state index in [4.69, 9.17) is 0 Å². The molecule has 0 aliphatic heterocycles. The smallest absolute Gasteiger partial charge is 1.00 e. The predicted molar refractivity (Wildman–Crippen MR) is 146 cm³/mol. The number of nitrogens with zero attached hydrogens (tertiary/aromatic N) is 12. The minimum atomic E-state index is 0. The topological polar surface area (TPSA) is 170 Å². The van der Waals surface area contributed by atoms with Crippen molar-refractivity contribution in [1.29, 1.82) is 0 Å². The van der Waals surface area contributed by atoms with Crippen LogP contribution < -0.4 is 34.0 Å². The van der Waals surface area contributed by atoms with Crippen molar-refractivity contribution in [2.24, 2.45) is 42.3 Å². The molecule has 0 spiro atoms. The summed E-state index contributed by atoms with van der Waals surface area (Å²) in [6.45, 7) is 0. The van der Waals surface area contributed by atoms with E-state index < -0.39 is 0 Å². The Kier molecular flexibility index (Phi) is 36.1. The molecule has 0 atom stereocenters. The zero-order chi connectivity index (χ0) is 26.4. The first-order valence-corrected chi connectivity index (χ1v) is 10.9. The van der Waals surface area contributed by atoms with Crippen LogP contribution in [0.4, 0.5) is 0 Å². The van der Waals surface area contributed by atoms with Crippen LogP contribution in [-0.2, 0) is 59.4 Å². The molecule has 17 heteroatoms. The molecule has 0 aromatic carbocycles. The molecule has 6 heterocycles. The summed E-state index contributed by atoms with van der Waals surface area (Å²) in [5.41, 5.74) is 0. The van der Waals surface area contributed by atoms with Gasteiger partial charge in [-0.25, -0.2) is 29.9 Å². The molecule has 0 saturated heterocycles. The third-order valence-electron chi connectivity index (χ3n) is 3.82. The Morgan fingerprint density at radius 2 is 0.439 bits per heavy atom. The average Bonchev–Trinajstić information content (AvgIpc) is 3.67. The van der Waals surface area contributed by atoms with Gasteiger partial charge in [-0.2, -0.15) is 0 Å². The summed E-state index contributed by atoms with van der Waals surface area (Å²) in [6, 6.07) is 0. The SMILES string of the molecule is Cn1ccnc1.Cn1ccnc1.Cn1ccnc1.Cn1ccnc1.Cn1ccnc1.Cn1ccnc1.O.O.[Br-].[Br-].[Mn+2]. The van der Waals surface area contributed by atoms with Gasteiger partial charge in [0.1, 0.15) is 0 Å². The summed E-state index contributed by atoms with van der Waals surface area (Å²) >= 11 is 0. The number of aromatic nitrogens is 12. The maximum Gasteiger partial charge on any atom is 2.00 e. The van der Waals surface area contributed by atoms with Crippen molar-refractivity contribution in [2.75, 3.05) is 0 Å². The Hall–Kier alpha value is -3.34. The molecular weight excluding hydrogens is 703 g/mol. The van der Waals surface area contributed by atoms with Crippen molar-refractivity contribution in [1.82, 2.24) is 57.3 Å². The molecule has 14 nitrogen and oxygen atoms in total. The zero-order valence-corrected chi connectivity index (χ0v) is 28.2. The van der Waals surface area contributed by atoms with Gasteiger partial charge in [-0.1, -0.05) is 0 Å². The number of imidazole rings is 6. The van der Waals surface area contributed by atoms with Crippen LogP contribution in [0, 0.1) is 0 Å². The fourth-order valence-corrected chi connectivity index (χ4v) is 1.95. The second-order valence-corrected chi connectivity index (χ2v) is 7.37. The number of halogens is 2. The monoisotopic (exact) mass is 741 g/mol. The van der Waals surface area contributed by atoms with Crippen LogP contribution in [0.2, 0.25) is 0 Å². The van der Waals surface area contributed by atoms with Crippen LogP contribution in [0.5, 0.6) is 0 Å². The maximum absolute atomic E-state index is 3.78. The molecule has 41 heavy (non-hydrogen) atoms. The molecule has 0 aliphatic rings. The van der Waals surface area contributed by atoms with E-state index in [1.165, 1.54) is 0 Å². The summed E-state index contributed by atoms with van der Waals surface area (Å²) < 4.78 is 11.3. The van der Waals surface area contributed by atoms with Crippen molar-refractivity contribution < 1.29 is 62.0 Å². The Labute approximate surface area is 272 Å². The van der Waals surface area contributed by atoms with E-state index in [1.807, 2.05) is 107 Å². The molecule has 0 bridgehead atoms. The first-order chi connectivity index (χ1) is 17.4. The second-order valence-electron chi connectivity index (χ2n) is 7.37. The molecule has 0 amide bonds. The molecule has 4 N–H and O–H groups in total. The van der Waals surface area contributed by atoms with Gasteiger partial charge in [0.15, 0.2) is 0 Å². The predicted octanol–water partition coefficient (Wildman–Crippen LogP) is -5.12. The molecule has 0 unspecified atom stereocenters. The molecule has 0 fully saturated rings. The Balaban J connectivity index is -0.000000123. The minimum Gasteiger partial charge on any atom is -1.00 e.